The van der Waals surface area contributed by atoms with Gasteiger partial charge in [0.25, 0.3) is 0 Å². The average molecular weight is 319 g/mol. The molecular weight excluding hydrogens is 306 g/mol. The maximum atomic E-state index is 12.6. The number of nitrogens with one attached hydrogen (secondary N) is 1. The minimum Gasteiger partial charge on any atom is -0.374 e. The van der Waals surface area contributed by atoms with Crippen LogP contribution in [0.1, 0.15) is 28.7 Å². The highest BCUT2D eigenvalue weighted by molar-refractivity contribution is 7.17. The van der Waals surface area contributed by atoms with Gasteiger partial charge in [-0.25, -0.2) is 9.97 Å². The molecule has 0 bridgehead atoms. The maximum Gasteiger partial charge on any atom is 0.226 e. The molecule has 0 aliphatic rings. The summed E-state index contributed by atoms with van der Waals surface area (Å²) in [6.07, 6.45) is -0.204. The van der Waals surface area contributed by atoms with Crippen LogP contribution < -0.4 is 5.32 Å². The van der Waals surface area contributed by atoms with Crippen LogP contribution in [0.5, 0.6) is 0 Å². The van der Waals surface area contributed by atoms with E-state index in [2.05, 4.69) is 15.3 Å². The van der Waals surface area contributed by atoms with Crippen molar-refractivity contribution in [3.8, 4) is 0 Å². The predicted molar refractivity (Wildman–Crippen MR) is 85.1 cm³/mol. The monoisotopic (exact) mass is 319 g/mol. The zero-order valence-corrected chi connectivity index (χ0v) is 12.9. The largest absolute Gasteiger partial charge is 0.374 e. The normalized spacial score (nSPS) is 12.5. The molecule has 3 heterocycles. The highest BCUT2D eigenvalue weighted by Gasteiger charge is 2.19. The van der Waals surface area contributed by atoms with Crippen molar-refractivity contribution in [2.75, 3.05) is 5.32 Å². The van der Waals surface area contributed by atoms with Crippen molar-refractivity contribution >= 4 is 44.6 Å². The van der Waals surface area contributed by atoms with Gasteiger partial charge >= 0.3 is 0 Å². The number of carbonyl (C=O) groups is 1. The van der Waals surface area contributed by atoms with Gasteiger partial charge in [0, 0.05) is 0 Å². The molecular formula is C14H13N3O2S2. The minimum absolute atomic E-state index is 0.117. The smallest absolute Gasteiger partial charge is 0.226 e. The zero-order chi connectivity index (χ0) is 14.8. The van der Waals surface area contributed by atoms with Crippen LogP contribution in [0.3, 0.4) is 0 Å². The molecule has 3 rings (SSSR count). The Bertz CT molecular complexity index is 768. The van der Waals surface area contributed by atoms with E-state index < -0.39 is 6.23 Å². The van der Waals surface area contributed by atoms with Gasteiger partial charge in [0.15, 0.2) is 0 Å². The molecule has 21 heavy (non-hydrogen) atoms. The molecule has 0 saturated heterocycles. The Labute approximate surface area is 129 Å². The molecule has 0 amide bonds. The number of aliphatic hydroxyl groups is 1. The maximum absolute atomic E-state index is 12.6. The Morgan fingerprint density at radius 2 is 2.19 bits per heavy atom. The highest BCUT2D eigenvalue weighted by atomic mass is 32.1. The first-order valence-corrected chi connectivity index (χ1v) is 8.23. The van der Waals surface area contributed by atoms with Crippen LogP contribution >= 0.6 is 22.7 Å². The van der Waals surface area contributed by atoms with Gasteiger partial charge in [-0.15, -0.1) is 22.7 Å². The van der Waals surface area contributed by atoms with Gasteiger partial charge in [-0.2, -0.15) is 0 Å². The van der Waals surface area contributed by atoms with Gasteiger partial charge in [0.1, 0.15) is 11.9 Å². The Kier molecular flexibility index (Phi) is 3.96. The fourth-order valence-electron chi connectivity index (χ4n) is 1.86. The summed E-state index contributed by atoms with van der Waals surface area (Å²) in [4.78, 5) is 21.8. The molecule has 0 saturated carbocycles. The number of hydrogen-bond acceptors (Lipinski definition) is 7. The molecule has 2 N–H and O–H groups in total. The van der Waals surface area contributed by atoms with Crippen LogP contribution in [0.4, 0.5) is 5.95 Å². The molecule has 3 aromatic rings. The summed E-state index contributed by atoms with van der Waals surface area (Å²) < 4.78 is 0.768. The van der Waals surface area contributed by atoms with Crippen molar-refractivity contribution in [3.05, 3.63) is 39.5 Å². The second kappa shape index (κ2) is 5.88. The fourth-order valence-corrected chi connectivity index (χ4v) is 3.34. The summed E-state index contributed by atoms with van der Waals surface area (Å²) in [5.41, 5.74) is 1.09. The molecule has 0 aromatic carbocycles. The number of nitrogens with zero attached hydrogens (tertiary/aromatic N) is 2. The average Bonchev–Trinajstić information content (AvgIpc) is 3.16. The minimum atomic E-state index is -0.731. The SMILES string of the molecule is CCC(O)Nc1nc(C(=O)c2cccs2)c2sccc2n1. The van der Waals surface area contributed by atoms with E-state index >= 15 is 0 Å². The summed E-state index contributed by atoms with van der Waals surface area (Å²) in [6, 6.07) is 5.46. The van der Waals surface area contributed by atoms with Gasteiger partial charge in [0.05, 0.1) is 15.1 Å². The third kappa shape index (κ3) is 2.80. The molecule has 0 aliphatic carbocycles. The molecule has 0 radical (unpaired) electrons. The number of thiophene rings is 2. The van der Waals surface area contributed by atoms with Gasteiger partial charge in [-0.3, -0.25) is 4.79 Å². The number of aliphatic hydroxyl groups excluding tert-OH is 1. The summed E-state index contributed by atoms with van der Waals surface area (Å²) in [6.45, 7) is 1.85. The quantitative estimate of drug-likeness (QED) is 0.558. The van der Waals surface area contributed by atoms with Gasteiger partial charge in [-0.1, -0.05) is 13.0 Å². The third-order valence-corrected chi connectivity index (χ3v) is 4.73. The number of aromatic nitrogens is 2. The van der Waals surface area contributed by atoms with Crippen LogP contribution in [-0.4, -0.2) is 27.1 Å². The molecule has 0 fully saturated rings. The Balaban J connectivity index is 2.07. The number of carbonyl (C=O) groups excluding carboxylic acids is 1. The first-order chi connectivity index (χ1) is 10.2. The van der Waals surface area contributed by atoms with E-state index in [1.165, 1.54) is 22.7 Å². The lowest BCUT2D eigenvalue weighted by molar-refractivity contribution is 0.103. The van der Waals surface area contributed by atoms with Gasteiger partial charge in [0.2, 0.25) is 11.7 Å². The molecule has 3 aromatic heterocycles. The van der Waals surface area contributed by atoms with Crippen LogP contribution in [-0.2, 0) is 0 Å². The van der Waals surface area contributed by atoms with Gasteiger partial charge < -0.3 is 10.4 Å². The van der Waals surface area contributed by atoms with E-state index in [0.29, 0.717) is 22.5 Å². The second-order valence-corrected chi connectivity index (χ2v) is 6.27. The Morgan fingerprint density at radius 1 is 1.33 bits per heavy atom. The number of anilines is 1. The van der Waals surface area contributed by atoms with Crippen LogP contribution in [0, 0.1) is 0 Å². The number of fused-ring (bicyclic) bond motifs is 1. The summed E-state index contributed by atoms with van der Waals surface area (Å²) >= 11 is 2.83. The van der Waals surface area contributed by atoms with Gasteiger partial charge in [-0.05, 0) is 29.3 Å². The standard InChI is InChI=1S/C14H13N3O2S2/c1-2-10(18)16-14-15-8-5-7-21-13(8)11(17-14)12(19)9-4-3-6-20-9/h3-7,10,18H,2H2,1H3,(H,15,16,17). The predicted octanol–water partition coefficient (Wildman–Crippen LogP) is 3.12. The van der Waals surface area contributed by atoms with Crippen molar-refractivity contribution in [3.63, 3.8) is 0 Å². The van der Waals surface area contributed by atoms with Crippen LogP contribution in [0.2, 0.25) is 0 Å². The van der Waals surface area contributed by atoms with E-state index in [1.807, 2.05) is 29.8 Å². The lowest BCUT2D eigenvalue weighted by atomic mass is 10.2. The summed E-state index contributed by atoms with van der Waals surface area (Å²) in [7, 11) is 0. The first-order valence-electron chi connectivity index (χ1n) is 6.47. The molecule has 5 nitrogen and oxygen atoms in total. The van der Waals surface area contributed by atoms with E-state index in [-0.39, 0.29) is 11.7 Å². The summed E-state index contributed by atoms with van der Waals surface area (Å²) in [5, 5.41) is 16.2. The van der Waals surface area contributed by atoms with E-state index in [9.17, 15) is 9.90 Å². The first kappa shape index (κ1) is 14.1. The van der Waals surface area contributed by atoms with Crippen molar-refractivity contribution in [1.29, 1.82) is 0 Å². The lowest BCUT2D eigenvalue weighted by Gasteiger charge is -2.11. The highest BCUT2D eigenvalue weighted by Crippen LogP contribution is 2.26. The molecule has 1 unspecified atom stereocenters. The number of rotatable bonds is 5. The third-order valence-electron chi connectivity index (χ3n) is 2.95. The molecule has 108 valence electrons. The molecule has 0 spiro atoms. The van der Waals surface area contributed by atoms with Crippen molar-refractivity contribution in [1.82, 2.24) is 9.97 Å². The molecule has 7 heteroatoms. The zero-order valence-electron chi connectivity index (χ0n) is 11.2. The van der Waals surface area contributed by atoms with E-state index in [0.717, 1.165) is 4.70 Å². The topological polar surface area (TPSA) is 75.1 Å². The fraction of sp³-hybridized carbons (Fsp3) is 0.214. The number of hydrogen-bond donors (Lipinski definition) is 2. The van der Waals surface area contributed by atoms with Crippen molar-refractivity contribution < 1.29 is 9.90 Å². The Hall–Kier alpha value is -1.83. The van der Waals surface area contributed by atoms with Crippen molar-refractivity contribution in [2.45, 2.75) is 19.6 Å². The van der Waals surface area contributed by atoms with E-state index in [1.54, 1.807) is 6.07 Å². The Morgan fingerprint density at radius 3 is 2.90 bits per heavy atom. The molecule has 1 atom stereocenters. The summed E-state index contributed by atoms with van der Waals surface area (Å²) in [5.74, 6) is 0.157. The van der Waals surface area contributed by atoms with Crippen LogP contribution in [0.25, 0.3) is 10.2 Å². The van der Waals surface area contributed by atoms with E-state index in [4.69, 9.17) is 0 Å². The lowest BCUT2D eigenvalue weighted by Crippen LogP contribution is -2.19. The van der Waals surface area contributed by atoms with Crippen LogP contribution in [0.15, 0.2) is 29.0 Å². The second-order valence-electron chi connectivity index (χ2n) is 4.41. The molecule has 0 aliphatic heterocycles. The van der Waals surface area contributed by atoms with Crippen molar-refractivity contribution in [2.24, 2.45) is 0 Å². The number of ketones is 1.